The summed E-state index contributed by atoms with van der Waals surface area (Å²) in [6, 6.07) is 10.7. The molecule has 5 nitrogen and oxygen atoms in total. The van der Waals surface area contributed by atoms with Crippen LogP contribution in [0.1, 0.15) is 10.4 Å². The van der Waals surface area contributed by atoms with Crippen LogP contribution in [0.5, 0.6) is 0 Å². The van der Waals surface area contributed by atoms with E-state index in [0.717, 1.165) is 0 Å². The highest BCUT2D eigenvalue weighted by Gasteiger charge is 2.16. The maximum absolute atomic E-state index is 12.2. The highest BCUT2D eigenvalue weighted by molar-refractivity contribution is 9.10. The Morgan fingerprint density at radius 1 is 1.19 bits per heavy atom. The minimum Gasteiger partial charge on any atom is -0.321 e. The third kappa shape index (κ3) is 3.82. The number of nitrogens with two attached hydrogens (primary N) is 1. The van der Waals surface area contributed by atoms with Crippen LogP contribution >= 0.6 is 27.5 Å². The van der Waals surface area contributed by atoms with Crippen molar-refractivity contribution in [1.29, 1.82) is 0 Å². The normalized spacial score (nSPS) is 11.2. The third-order valence-corrected chi connectivity index (χ3v) is 4.57. The van der Waals surface area contributed by atoms with E-state index in [9.17, 15) is 13.2 Å². The summed E-state index contributed by atoms with van der Waals surface area (Å²) in [5, 5.41) is 8.05. The first-order valence-corrected chi connectivity index (χ1v) is 8.39. The van der Waals surface area contributed by atoms with Gasteiger partial charge in [-0.2, -0.15) is 0 Å². The van der Waals surface area contributed by atoms with Crippen molar-refractivity contribution in [3.05, 3.63) is 57.5 Å². The van der Waals surface area contributed by atoms with E-state index in [1.807, 2.05) is 0 Å². The Morgan fingerprint density at radius 2 is 1.86 bits per heavy atom. The number of rotatable bonds is 3. The molecule has 2 rings (SSSR count). The molecule has 0 bridgehead atoms. The second-order valence-corrected chi connectivity index (χ2v) is 6.94. The molecule has 3 N–H and O–H groups in total. The molecule has 2 aromatic rings. The Kier molecular flexibility index (Phi) is 4.67. The van der Waals surface area contributed by atoms with Gasteiger partial charge in [0.2, 0.25) is 10.0 Å². The molecule has 2 aromatic carbocycles. The molecule has 0 spiro atoms. The second-order valence-electron chi connectivity index (χ2n) is 4.12. The smallest absolute Gasteiger partial charge is 0.256 e. The van der Waals surface area contributed by atoms with Crippen molar-refractivity contribution >= 4 is 49.1 Å². The summed E-state index contributed by atoms with van der Waals surface area (Å²) >= 11 is 9.16. The first-order valence-electron chi connectivity index (χ1n) is 5.67. The van der Waals surface area contributed by atoms with Crippen LogP contribution in [0, 0.1) is 0 Å². The van der Waals surface area contributed by atoms with E-state index in [4.69, 9.17) is 16.7 Å². The zero-order chi connectivity index (χ0) is 15.6. The van der Waals surface area contributed by atoms with E-state index in [0.29, 0.717) is 15.2 Å². The Bertz CT molecular complexity index is 809. The molecule has 21 heavy (non-hydrogen) atoms. The van der Waals surface area contributed by atoms with Gasteiger partial charge in [0.15, 0.2) is 0 Å². The van der Waals surface area contributed by atoms with Crippen LogP contribution in [0.25, 0.3) is 0 Å². The van der Waals surface area contributed by atoms with Crippen LogP contribution in [0.15, 0.2) is 51.8 Å². The highest BCUT2D eigenvalue weighted by atomic mass is 79.9. The summed E-state index contributed by atoms with van der Waals surface area (Å²) in [6.45, 7) is 0. The zero-order valence-electron chi connectivity index (χ0n) is 10.5. The molecule has 0 aliphatic rings. The molecule has 110 valence electrons. The van der Waals surface area contributed by atoms with Crippen molar-refractivity contribution < 1.29 is 13.2 Å². The van der Waals surface area contributed by atoms with Gasteiger partial charge in [0.1, 0.15) is 0 Å². The molecule has 0 saturated heterocycles. The van der Waals surface area contributed by atoms with E-state index in [1.165, 1.54) is 18.2 Å². The first kappa shape index (κ1) is 16.0. The predicted octanol–water partition coefficient (Wildman–Crippen LogP) is 3.00. The van der Waals surface area contributed by atoms with Gasteiger partial charge in [0.25, 0.3) is 5.91 Å². The van der Waals surface area contributed by atoms with Gasteiger partial charge in [-0.1, -0.05) is 23.7 Å². The van der Waals surface area contributed by atoms with E-state index >= 15 is 0 Å². The van der Waals surface area contributed by atoms with Crippen LogP contribution in [0.2, 0.25) is 5.02 Å². The fraction of sp³-hybridized carbons (Fsp3) is 0. The first-order chi connectivity index (χ1) is 9.79. The van der Waals surface area contributed by atoms with Crippen molar-refractivity contribution in [3.8, 4) is 0 Å². The molecule has 0 saturated carbocycles. The predicted molar refractivity (Wildman–Crippen MR) is 84.9 cm³/mol. The lowest BCUT2D eigenvalue weighted by Gasteiger charge is -2.09. The number of nitrogens with one attached hydrogen (secondary N) is 1. The van der Waals surface area contributed by atoms with Crippen molar-refractivity contribution in [2.75, 3.05) is 5.32 Å². The number of carbonyl (C=O) groups excluding carboxylic acids is 1. The second kappa shape index (κ2) is 6.15. The molecular formula is C13H10BrClN2O3S. The van der Waals surface area contributed by atoms with Crippen LogP contribution in [0.4, 0.5) is 5.69 Å². The van der Waals surface area contributed by atoms with E-state index in [2.05, 4.69) is 21.2 Å². The van der Waals surface area contributed by atoms with Crippen LogP contribution in [-0.4, -0.2) is 14.3 Å². The largest absolute Gasteiger partial charge is 0.321 e. The number of anilines is 1. The van der Waals surface area contributed by atoms with Crippen molar-refractivity contribution in [2.45, 2.75) is 4.90 Å². The summed E-state index contributed by atoms with van der Waals surface area (Å²) in [7, 11) is -3.88. The molecule has 0 aliphatic heterocycles. The van der Waals surface area contributed by atoms with Crippen LogP contribution in [-0.2, 0) is 10.0 Å². The van der Waals surface area contributed by atoms with Gasteiger partial charge >= 0.3 is 0 Å². The number of para-hydroxylation sites is 1. The fourth-order valence-corrected chi connectivity index (χ4v) is 2.76. The van der Waals surface area contributed by atoms with Crippen LogP contribution < -0.4 is 10.5 Å². The quantitative estimate of drug-likeness (QED) is 0.845. The fourth-order valence-electron chi connectivity index (χ4n) is 1.61. The third-order valence-electron chi connectivity index (χ3n) is 2.63. The lowest BCUT2D eigenvalue weighted by molar-refractivity contribution is 0.102. The van der Waals surface area contributed by atoms with Crippen molar-refractivity contribution in [1.82, 2.24) is 0 Å². The van der Waals surface area contributed by atoms with Crippen molar-refractivity contribution in [3.63, 3.8) is 0 Å². The van der Waals surface area contributed by atoms with Crippen LogP contribution in [0.3, 0.4) is 0 Å². The Balaban J connectivity index is 2.38. The average Bonchev–Trinajstić information content (AvgIpc) is 2.40. The lowest BCUT2D eigenvalue weighted by atomic mass is 10.2. The van der Waals surface area contributed by atoms with Gasteiger partial charge in [-0.15, -0.1) is 0 Å². The molecule has 0 unspecified atom stereocenters. The number of carbonyl (C=O) groups is 1. The summed E-state index contributed by atoms with van der Waals surface area (Å²) in [4.78, 5) is 12.1. The van der Waals surface area contributed by atoms with Gasteiger partial charge in [-0.05, 0) is 46.3 Å². The average molecular weight is 390 g/mol. The van der Waals surface area contributed by atoms with Gasteiger partial charge in [-0.25, -0.2) is 13.6 Å². The zero-order valence-corrected chi connectivity index (χ0v) is 13.7. The highest BCUT2D eigenvalue weighted by Crippen LogP contribution is 2.24. The van der Waals surface area contributed by atoms with E-state index in [1.54, 1.807) is 24.3 Å². The van der Waals surface area contributed by atoms with E-state index < -0.39 is 15.9 Å². The number of sulfonamides is 1. The number of benzene rings is 2. The molecular weight excluding hydrogens is 380 g/mol. The minimum absolute atomic E-state index is 0.140. The Hall–Kier alpha value is -1.41. The van der Waals surface area contributed by atoms with Gasteiger partial charge in [0, 0.05) is 4.47 Å². The molecule has 0 aliphatic carbocycles. The number of hydrogen-bond acceptors (Lipinski definition) is 3. The molecule has 1 amide bonds. The molecule has 0 atom stereocenters. The van der Waals surface area contributed by atoms with Gasteiger partial charge in [-0.3, -0.25) is 4.79 Å². The van der Waals surface area contributed by atoms with Gasteiger partial charge < -0.3 is 5.32 Å². The summed E-state index contributed by atoms with van der Waals surface area (Å²) < 4.78 is 23.1. The van der Waals surface area contributed by atoms with Gasteiger partial charge in [0.05, 0.1) is 21.2 Å². The maximum atomic E-state index is 12.2. The minimum atomic E-state index is -3.88. The number of halogens is 2. The summed E-state index contributed by atoms with van der Waals surface area (Å²) in [6.07, 6.45) is 0. The Labute approximate surface area is 135 Å². The van der Waals surface area contributed by atoms with E-state index in [-0.39, 0.29) is 10.5 Å². The number of amides is 1. The Morgan fingerprint density at radius 3 is 2.48 bits per heavy atom. The standard InChI is InChI=1S/C13H10BrClN2O3S/c14-10-6-5-8(21(16,19)20)7-9(10)13(18)17-12-4-2-1-3-11(12)15/h1-7H,(H,17,18)(H2,16,19,20). The molecule has 0 aromatic heterocycles. The topological polar surface area (TPSA) is 89.3 Å². The SMILES string of the molecule is NS(=O)(=O)c1ccc(Br)c(C(=O)Nc2ccccc2Cl)c1. The van der Waals surface area contributed by atoms with Crippen molar-refractivity contribution in [2.24, 2.45) is 5.14 Å². The number of primary sulfonamides is 1. The molecule has 8 heteroatoms. The lowest BCUT2D eigenvalue weighted by Crippen LogP contribution is -2.16. The molecule has 0 radical (unpaired) electrons. The number of hydrogen-bond donors (Lipinski definition) is 2. The molecule has 0 heterocycles. The maximum Gasteiger partial charge on any atom is 0.256 e. The molecule has 0 fully saturated rings. The monoisotopic (exact) mass is 388 g/mol. The summed E-state index contributed by atoms with van der Waals surface area (Å²) in [5.74, 6) is -0.500. The summed E-state index contributed by atoms with van der Waals surface area (Å²) in [5.41, 5.74) is 0.568.